The normalized spacial score (nSPS) is 23.8. The van der Waals surface area contributed by atoms with Crippen LogP contribution in [0.4, 0.5) is 15.8 Å². The Kier molecular flexibility index (Phi) is 6.92. The predicted molar refractivity (Wildman–Crippen MR) is 150 cm³/mol. The molecule has 0 radical (unpaired) electrons. The molecule has 3 N–H and O–H groups in total. The predicted octanol–water partition coefficient (Wildman–Crippen LogP) is 6.39. The number of nitrogens with zero attached hydrogens (tertiary/aromatic N) is 1. The van der Waals surface area contributed by atoms with E-state index in [2.05, 4.69) is 42.8 Å². The maximum Gasteiger partial charge on any atom is 0.242 e. The van der Waals surface area contributed by atoms with Crippen LogP contribution in [-0.4, -0.2) is 23.9 Å². The zero-order valence-corrected chi connectivity index (χ0v) is 23.1. The van der Waals surface area contributed by atoms with Gasteiger partial charge in [-0.1, -0.05) is 50.0 Å². The van der Waals surface area contributed by atoms with Gasteiger partial charge in [-0.2, -0.15) is 5.26 Å². The fraction of sp³-hybridized carbons (Fsp3) is 0.300. The summed E-state index contributed by atoms with van der Waals surface area (Å²) in [4.78, 5) is 28.1. The lowest BCUT2D eigenvalue weighted by molar-refractivity contribution is -0.122. The van der Waals surface area contributed by atoms with Crippen LogP contribution in [0.2, 0.25) is 10.0 Å². The summed E-state index contributed by atoms with van der Waals surface area (Å²) >= 11 is 12.6. The smallest absolute Gasteiger partial charge is 0.242 e. The van der Waals surface area contributed by atoms with E-state index in [9.17, 15) is 14.0 Å². The number of rotatable bonds is 4. The number of benzene rings is 3. The first kappa shape index (κ1) is 27.1. The summed E-state index contributed by atoms with van der Waals surface area (Å²) in [6.07, 6.45) is 0.544. The number of halogens is 3. The summed E-state index contributed by atoms with van der Waals surface area (Å²) in [5, 5.41) is 19.1. The van der Waals surface area contributed by atoms with Gasteiger partial charge in [0.25, 0.3) is 0 Å². The lowest BCUT2D eigenvalue weighted by Crippen LogP contribution is -2.49. The van der Waals surface area contributed by atoms with Gasteiger partial charge in [0.1, 0.15) is 11.2 Å². The maximum absolute atomic E-state index is 14.8. The van der Waals surface area contributed by atoms with Crippen molar-refractivity contribution in [3.63, 3.8) is 0 Å². The molecule has 1 fully saturated rings. The van der Waals surface area contributed by atoms with E-state index in [-0.39, 0.29) is 16.3 Å². The molecule has 1 spiro atoms. The van der Waals surface area contributed by atoms with Gasteiger partial charge in [-0.25, -0.2) is 4.39 Å². The highest BCUT2D eigenvalue weighted by Gasteiger charge is 2.65. The summed E-state index contributed by atoms with van der Waals surface area (Å²) < 4.78 is 14.8. The second-order valence-corrected chi connectivity index (χ2v) is 12.2. The van der Waals surface area contributed by atoms with Crippen molar-refractivity contribution in [2.45, 2.75) is 50.6 Å². The van der Waals surface area contributed by atoms with Crippen LogP contribution in [0, 0.1) is 22.6 Å². The van der Waals surface area contributed by atoms with Gasteiger partial charge in [-0.05, 0) is 77.6 Å². The molecular weight excluding hydrogens is 538 g/mol. The highest BCUT2D eigenvalue weighted by molar-refractivity contribution is 6.31. The first-order chi connectivity index (χ1) is 18.4. The third-order valence-electron chi connectivity index (χ3n) is 7.43. The molecule has 4 atom stereocenters. The van der Waals surface area contributed by atoms with Gasteiger partial charge in [0.15, 0.2) is 0 Å². The molecule has 3 aromatic rings. The third-order valence-corrected chi connectivity index (χ3v) is 7.88. The summed E-state index contributed by atoms with van der Waals surface area (Å²) in [5.41, 5.74) is 1.17. The van der Waals surface area contributed by atoms with Crippen molar-refractivity contribution >= 4 is 46.4 Å². The molecule has 39 heavy (non-hydrogen) atoms. The standard InChI is InChI=1S/C30H27Cl2FN4O2/c1-29(2,3)14-24-30(22-9-6-18(31)13-23(22)36-28(30)39)25(17-10-19(32)12-20(33)11-17)26(37-24)27(38)35-21-7-4-16(15-34)5-8-21/h4-13,24-26,37H,14H2,1-3H3,(H,35,38)(H,36,39)/t24-,25?,26+,30+/m0/s1. The van der Waals surface area contributed by atoms with E-state index < -0.39 is 35.1 Å². The lowest BCUT2D eigenvalue weighted by Gasteiger charge is -2.37. The number of anilines is 2. The van der Waals surface area contributed by atoms with Crippen molar-refractivity contribution in [2.24, 2.45) is 5.41 Å². The van der Waals surface area contributed by atoms with Gasteiger partial charge in [0, 0.05) is 33.4 Å². The van der Waals surface area contributed by atoms with Crippen molar-refractivity contribution in [1.82, 2.24) is 5.32 Å². The number of hydrogen-bond acceptors (Lipinski definition) is 4. The minimum Gasteiger partial charge on any atom is -0.325 e. The average Bonchev–Trinajstić information content (AvgIpc) is 3.32. The number of nitrogens with one attached hydrogen (secondary N) is 3. The molecule has 1 saturated heterocycles. The molecule has 2 aliphatic heterocycles. The van der Waals surface area contributed by atoms with Gasteiger partial charge in [0.05, 0.1) is 17.7 Å². The molecule has 0 bridgehead atoms. The number of fused-ring (bicyclic) bond motifs is 2. The van der Waals surface area contributed by atoms with Gasteiger partial charge >= 0.3 is 0 Å². The lowest BCUT2D eigenvalue weighted by atomic mass is 9.62. The zero-order chi connectivity index (χ0) is 28.1. The molecule has 0 aliphatic carbocycles. The monoisotopic (exact) mass is 564 g/mol. The van der Waals surface area contributed by atoms with E-state index in [1.54, 1.807) is 42.5 Å². The number of carbonyl (C=O) groups is 2. The minimum absolute atomic E-state index is 0.167. The van der Waals surface area contributed by atoms with E-state index in [0.717, 1.165) is 0 Å². The Morgan fingerprint density at radius 2 is 1.79 bits per heavy atom. The molecule has 0 aromatic heterocycles. The van der Waals surface area contributed by atoms with Gasteiger partial charge in [-0.3, -0.25) is 9.59 Å². The number of amides is 2. The molecule has 0 saturated carbocycles. The molecule has 2 amide bonds. The van der Waals surface area contributed by atoms with Crippen LogP contribution in [0.1, 0.15) is 49.8 Å². The summed E-state index contributed by atoms with van der Waals surface area (Å²) in [6.45, 7) is 6.20. The Morgan fingerprint density at radius 3 is 2.44 bits per heavy atom. The van der Waals surface area contributed by atoms with Crippen LogP contribution in [0.5, 0.6) is 0 Å². The van der Waals surface area contributed by atoms with Crippen molar-refractivity contribution < 1.29 is 14.0 Å². The molecule has 3 aromatic carbocycles. The van der Waals surface area contributed by atoms with Crippen molar-refractivity contribution in [3.8, 4) is 6.07 Å². The maximum atomic E-state index is 14.8. The topological polar surface area (TPSA) is 94.0 Å². The first-order valence-corrected chi connectivity index (χ1v) is 13.3. The quantitative estimate of drug-likeness (QED) is 0.342. The van der Waals surface area contributed by atoms with Crippen LogP contribution in [0.3, 0.4) is 0 Å². The Labute approximate surface area is 236 Å². The first-order valence-electron chi connectivity index (χ1n) is 12.6. The molecule has 5 rings (SSSR count). The fourth-order valence-electron chi connectivity index (χ4n) is 6.02. The Hall–Kier alpha value is -3.44. The van der Waals surface area contributed by atoms with Crippen LogP contribution < -0.4 is 16.0 Å². The van der Waals surface area contributed by atoms with Crippen molar-refractivity contribution in [3.05, 3.63) is 93.2 Å². The number of carbonyl (C=O) groups excluding carboxylic acids is 2. The number of nitriles is 1. The molecule has 2 heterocycles. The largest absolute Gasteiger partial charge is 0.325 e. The molecule has 1 unspecified atom stereocenters. The second kappa shape index (κ2) is 9.95. The van der Waals surface area contributed by atoms with Gasteiger partial charge < -0.3 is 16.0 Å². The van der Waals surface area contributed by atoms with Gasteiger partial charge in [-0.15, -0.1) is 0 Å². The Bertz CT molecular complexity index is 1490. The summed E-state index contributed by atoms with van der Waals surface area (Å²) in [7, 11) is 0. The van der Waals surface area contributed by atoms with Crippen LogP contribution in [0.15, 0.2) is 60.7 Å². The molecule has 200 valence electrons. The number of hydrogen-bond donors (Lipinski definition) is 3. The van der Waals surface area contributed by atoms with E-state index >= 15 is 0 Å². The van der Waals surface area contributed by atoms with E-state index in [4.69, 9.17) is 28.5 Å². The Balaban J connectivity index is 1.70. The van der Waals surface area contributed by atoms with Crippen molar-refractivity contribution in [2.75, 3.05) is 10.6 Å². The Morgan fingerprint density at radius 1 is 1.08 bits per heavy atom. The molecule has 9 heteroatoms. The van der Waals surface area contributed by atoms with Crippen molar-refractivity contribution in [1.29, 1.82) is 5.26 Å². The molecule has 2 aliphatic rings. The van der Waals surface area contributed by atoms with E-state index in [1.807, 2.05) is 6.07 Å². The highest BCUT2D eigenvalue weighted by atomic mass is 35.5. The molecular formula is C30H27Cl2FN4O2. The minimum atomic E-state index is -1.25. The van der Waals surface area contributed by atoms with Crippen LogP contribution in [0.25, 0.3) is 0 Å². The third kappa shape index (κ3) is 4.89. The highest BCUT2D eigenvalue weighted by Crippen LogP contribution is 2.57. The second-order valence-electron chi connectivity index (χ2n) is 11.3. The van der Waals surface area contributed by atoms with Crippen LogP contribution >= 0.6 is 23.2 Å². The van der Waals surface area contributed by atoms with Crippen LogP contribution in [-0.2, 0) is 15.0 Å². The van der Waals surface area contributed by atoms with Gasteiger partial charge in [0.2, 0.25) is 11.8 Å². The van der Waals surface area contributed by atoms with E-state index in [1.165, 1.54) is 12.1 Å². The van der Waals surface area contributed by atoms with E-state index in [0.29, 0.717) is 39.5 Å². The summed E-state index contributed by atoms with van der Waals surface area (Å²) in [6, 6.07) is 16.5. The molecule has 6 nitrogen and oxygen atoms in total. The fourth-order valence-corrected chi connectivity index (χ4v) is 6.43. The summed E-state index contributed by atoms with van der Waals surface area (Å²) in [5.74, 6) is -2.05. The zero-order valence-electron chi connectivity index (χ0n) is 21.6. The average molecular weight is 565 g/mol. The SMILES string of the molecule is CC(C)(C)C[C@@H]1N[C@@H](C(=O)Nc2ccc(C#N)cc2)C(c2cc(F)cc(Cl)c2)[C@]12C(=O)Nc1cc(Cl)ccc12.